The molecule has 142 valence electrons. The molecule has 2 heterocycles. The van der Waals surface area contributed by atoms with Gasteiger partial charge in [0.1, 0.15) is 5.75 Å². The number of aromatic nitrogens is 2. The molecule has 2 aromatic heterocycles. The van der Waals surface area contributed by atoms with Gasteiger partial charge in [-0.25, -0.2) is 4.98 Å². The maximum Gasteiger partial charge on any atom is 0.262 e. The van der Waals surface area contributed by atoms with Crippen LogP contribution in [0.2, 0.25) is 0 Å². The average Bonchev–Trinajstić information content (AvgIpc) is 3.29. The molecule has 0 aliphatic heterocycles. The molecule has 0 aliphatic rings. The molecule has 0 spiro atoms. The monoisotopic (exact) mass is 391 g/mol. The van der Waals surface area contributed by atoms with Gasteiger partial charge in [0.15, 0.2) is 11.6 Å². The maximum atomic E-state index is 12.1. The number of nitrogens with one attached hydrogen (secondary N) is 1. The van der Waals surface area contributed by atoms with Crippen LogP contribution >= 0.6 is 11.3 Å². The second-order valence-electron chi connectivity index (χ2n) is 6.86. The zero-order valence-corrected chi connectivity index (χ0v) is 16.6. The van der Waals surface area contributed by atoms with Gasteiger partial charge in [0.2, 0.25) is 0 Å². The number of carbonyl (C=O) groups is 1. The first kappa shape index (κ1) is 18.3. The quantitative estimate of drug-likeness (QED) is 0.491. The van der Waals surface area contributed by atoms with Crippen molar-refractivity contribution in [1.29, 1.82) is 0 Å². The molecule has 2 aromatic carbocycles. The summed E-state index contributed by atoms with van der Waals surface area (Å²) in [6.45, 7) is 4.26. The molecule has 0 saturated carbocycles. The largest absolute Gasteiger partial charge is 0.484 e. The Morgan fingerprint density at radius 3 is 2.57 bits per heavy atom. The number of hydrogen-bond acceptors (Lipinski definition) is 4. The Balaban J connectivity index is 1.33. The minimum atomic E-state index is -0.191. The highest BCUT2D eigenvalue weighted by Crippen LogP contribution is 2.23. The Labute approximate surface area is 167 Å². The van der Waals surface area contributed by atoms with E-state index in [2.05, 4.69) is 24.1 Å². The van der Waals surface area contributed by atoms with E-state index in [-0.39, 0.29) is 12.5 Å². The predicted octanol–water partition coefficient (Wildman–Crippen LogP) is 5.20. The number of rotatable bonds is 6. The Morgan fingerprint density at radius 2 is 1.89 bits per heavy atom. The van der Waals surface area contributed by atoms with Crippen molar-refractivity contribution in [2.24, 2.45) is 0 Å². The highest BCUT2D eigenvalue weighted by atomic mass is 32.1. The molecular formula is C22H21N3O2S. The van der Waals surface area contributed by atoms with Crippen LogP contribution in [-0.2, 0) is 4.79 Å². The van der Waals surface area contributed by atoms with E-state index in [0.717, 1.165) is 21.9 Å². The number of benzene rings is 2. The number of amides is 1. The Bertz CT molecular complexity index is 1050. The summed E-state index contributed by atoms with van der Waals surface area (Å²) >= 11 is 1.60. The van der Waals surface area contributed by atoms with Crippen LogP contribution in [0.25, 0.3) is 16.2 Å². The van der Waals surface area contributed by atoms with Crippen LogP contribution in [-0.4, -0.2) is 21.9 Å². The highest BCUT2D eigenvalue weighted by Gasteiger charge is 2.07. The van der Waals surface area contributed by atoms with E-state index < -0.39 is 0 Å². The Morgan fingerprint density at radius 1 is 1.14 bits per heavy atom. The molecule has 4 rings (SSSR count). The molecule has 4 aromatic rings. The van der Waals surface area contributed by atoms with Crippen LogP contribution in [0.1, 0.15) is 25.3 Å². The molecular weight excluding hydrogens is 370 g/mol. The van der Waals surface area contributed by atoms with Crippen molar-refractivity contribution in [2.45, 2.75) is 19.8 Å². The normalized spacial score (nSPS) is 11.1. The Kier molecular flexibility index (Phi) is 5.12. The average molecular weight is 391 g/mol. The third-order valence-electron chi connectivity index (χ3n) is 4.47. The second-order valence-corrected chi connectivity index (χ2v) is 7.73. The lowest BCUT2D eigenvalue weighted by Gasteiger charge is -2.09. The van der Waals surface area contributed by atoms with Crippen molar-refractivity contribution in [3.05, 3.63) is 71.9 Å². The third-order valence-corrected chi connectivity index (χ3v) is 5.25. The minimum absolute atomic E-state index is 0.0277. The predicted molar refractivity (Wildman–Crippen MR) is 113 cm³/mol. The van der Waals surface area contributed by atoms with Crippen molar-refractivity contribution in [3.63, 3.8) is 0 Å². The summed E-state index contributed by atoms with van der Waals surface area (Å²) in [7, 11) is 0. The van der Waals surface area contributed by atoms with Gasteiger partial charge >= 0.3 is 0 Å². The van der Waals surface area contributed by atoms with Gasteiger partial charge in [-0.1, -0.05) is 38.1 Å². The molecule has 0 fully saturated rings. The fourth-order valence-electron chi connectivity index (χ4n) is 2.89. The Hall–Kier alpha value is -3.12. The van der Waals surface area contributed by atoms with Crippen LogP contribution in [0.3, 0.4) is 0 Å². The van der Waals surface area contributed by atoms with Crippen molar-refractivity contribution in [3.8, 4) is 17.0 Å². The second kappa shape index (κ2) is 7.86. The summed E-state index contributed by atoms with van der Waals surface area (Å²) < 4.78 is 7.57. The lowest BCUT2D eigenvalue weighted by atomic mass is 10.0. The number of ether oxygens (including phenoxy) is 1. The van der Waals surface area contributed by atoms with Gasteiger partial charge < -0.3 is 10.1 Å². The SMILES string of the molecule is CC(C)c1ccc(OCC(=O)Nc2ccc(-c3cn4ccsc4n3)cc2)cc1. The van der Waals surface area contributed by atoms with Crippen LogP contribution in [0.5, 0.6) is 5.75 Å². The van der Waals surface area contributed by atoms with Crippen molar-refractivity contribution in [2.75, 3.05) is 11.9 Å². The molecule has 28 heavy (non-hydrogen) atoms. The molecule has 0 bridgehead atoms. The van der Waals surface area contributed by atoms with Gasteiger partial charge in [0, 0.05) is 29.0 Å². The number of hydrogen-bond donors (Lipinski definition) is 1. The van der Waals surface area contributed by atoms with Crippen LogP contribution in [0.15, 0.2) is 66.3 Å². The highest BCUT2D eigenvalue weighted by molar-refractivity contribution is 7.15. The molecule has 0 radical (unpaired) electrons. The molecule has 0 unspecified atom stereocenters. The number of fused-ring (bicyclic) bond motifs is 1. The zero-order chi connectivity index (χ0) is 19.5. The van der Waals surface area contributed by atoms with Crippen LogP contribution < -0.4 is 10.1 Å². The third kappa shape index (κ3) is 4.07. The standard InChI is InChI=1S/C22H21N3O2S/c1-15(2)16-5-9-19(10-6-16)27-14-21(26)23-18-7-3-17(4-8-18)20-13-25-11-12-28-22(25)24-20/h3-13,15H,14H2,1-2H3,(H,23,26). The van der Waals surface area contributed by atoms with Crippen molar-refractivity contribution < 1.29 is 9.53 Å². The van der Waals surface area contributed by atoms with Gasteiger partial charge in [-0.2, -0.15) is 0 Å². The molecule has 6 heteroatoms. The van der Waals surface area contributed by atoms with Gasteiger partial charge in [0.05, 0.1) is 5.69 Å². The molecule has 1 N–H and O–H groups in total. The van der Waals surface area contributed by atoms with E-state index in [0.29, 0.717) is 11.7 Å². The van der Waals surface area contributed by atoms with E-state index in [9.17, 15) is 4.79 Å². The van der Waals surface area contributed by atoms with E-state index >= 15 is 0 Å². The summed E-state index contributed by atoms with van der Waals surface area (Å²) in [4.78, 5) is 17.7. The first-order valence-electron chi connectivity index (χ1n) is 9.14. The van der Waals surface area contributed by atoms with Gasteiger partial charge in [0.25, 0.3) is 5.91 Å². The summed E-state index contributed by atoms with van der Waals surface area (Å²) in [5.41, 5.74) is 3.90. The smallest absolute Gasteiger partial charge is 0.262 e. The van der Waals surface area contributed by atoms with Crippen molar-refractivity contribution in [1.82, 2.24) is 9.38 Å². The first-order chi connectivity index (χ1) is 13.6. The van der Waals surface area contributed by atoms with E-state index in [1.54, 1.807) is 11.3 Å². The molecule has 0 atom stereocenters. The first-order valence-corrected chi connectivity index (χ1v) is 10.0. The fourth-order valence-corrected chi connectivity index (χ4v) is 3.59. The van der Waals surface area contributed by atoms with Crippen LogP contribution in [0, 0.1) is 0 Å². The maximum absolute atomic E-state index is 12.1. The number of imidazole rings is 1. The topological polar surface area (TPSA) is 55.6 Å². The zero-order valence-electron chi connectivity index (χ0n) is 15.8. The number of anilines is 1. The van der Waals surface area contributed by atoms with E-state index in [1.165, 1.54) is 5.56 Å². The van der Waals surface area contributed by atoms with E-state index in [4.69, 9.17) is 4.74 Å². The number of thiazole rings is 1. The lowest BCUT2D eigenvalue weighted by Crippen LogP contribution is -2.20. The minimum Gasteiger partial charge on any atom is -0.484 e. The van der Waals surface area contributed by atoms with Gasteiger partial charge in [-0.3, -0.25) is 9.20 Å². The lowest BCUT2D eigenvalue weighted by molar-refractivity contribution is -0.118. The fraction of sp³-hybridized carbons (Fsp3) is 0.182. The number of nitrogens with zero attached hydrogens (tertiary/aromatic N) is 2. The van der Waals surface area contributed by atoms with Gasteiger partial charge in [-0.05, 0) is 35.7 Å². The van der Waals surface area contributed by atoms with Crippen LogP contribution in [0.4, 0.5) is 5.69 Å². The van der Waals surface area contributed by atoms with E-state index in [1.807, 2.05) is 70.7 Å². The molecule has 0 saturated heterocycles. The molecule has 0 aliphatic carbocycles. The summed E-state index contributed by atoms with van der Waals surface area (Å²) in [6, 6.07) is 15.5. The van der Waals surface area contributed by atoms with Gasteiger partial charge in [-0.15, -0.1) is 11.3 Å². The van der Waals surface area contributed by atoms with Crippen molar-refractivity contribution >= 4 is 27.9 Å². The summed E-state index contributed by atoms with van der Waals surface area (Å²) in [6.07, 6.45) is 3.99. The summed E-state index contributed by atoms with van der Waals surface area (Å²) in [5.74, 6) is 0.969. The molecule has 5 nitrogen and oxygen atoms in total. The number of carbonyl (C=O) groups excluding carboxylic acids is 1. The molecule has 1 amide bonds. The summed E-state index contributed by atoms with van der Waals surface area (Å²) in [5, 5.41) is 4.86.